The van der Waals surface area contributed by atoms with Crippen LogP contribution in [0.25, 0.3) is 6.08 Å². The van der Waals surface area contributed by atoms with Gasteiger partial charge in [-0.15, -0.1) is 0 Å². The van der Waals surface area contributed by atoms with Gasteiger partial charge >= 0.3 is 5.69 Å². The summed E-state index contributed by atoms with van der Waals surface area (Å²) in [6, 6.07) is 7.24. The van der Waals surface area contributed by atoms with Crippen LogP contribution >= 0.6 is 46.6 Å². The van der Waals surface area contributed by atoms with Gasteiger partial charge in [-0.3, -0.25) is 15.5 Å². The van der Waals surface area contributed by atoms with Crippen molar-refractivity contribution in [1.29, 1.82) is 5.41 Å². The number of nitro groups is 1. The summed E-state index contributed by atoms with van der Waals surface area (Å²) in [5.74, 6) is 0.0549. The Hall–Kier alpha value is -1.93. The van der Waals surface area contributed by atoms with Crippen molar-refractivity contribution in [2.45, 2.75) is 12.7 Å². The van der Waals surface area contributed by atoms with E-state index in [1.807, 2.05) is 18.2 Å². The van der Waals surface area contributed by atoms with E-state index < -0.39 is 16.4 Å². The van der Waals surface area contributed by atoms with Crippen LogP contribution in [0.2, 0.25) is 15.1 Å². The second kappa shape index (κ2) is 10.4. The summed E-state index contributed by atoms with van der Waals surface area (Å²) in [6.45, 7) is 5.84. The van der Waals surface area contributed by atoms with Crippen molar-refractivity contribution < 1.29 is 10.0 Å². The molecule has 0 fully saturated rings. The summed E-state index contributed by atoms with van der Waals surface area (Å²) in [6.07, 6.45) is 1.85. The Morgan fingerprint density at radius 2 is 2.04 bits per heavy atom. The number of amidine groups is 1. The molecule has 0 aliphatic carbocycles. The zero-order chi connectivity index (χ0) is 20.7. The predicted octanol–water partition coefficient (Wildman–Crippen LogP) is 6.03. The van der Waals surface area contributed by atoms with Crippen molar-refractivity contribution in [3.8, 4) is 5.75 Å². The quantitative estimate of drug-likeness (QED) is 0.174. The maximum atomic E-state index is 10.4. The summed E-state index contributed by atoms with van der Waals surface area (Å²) < 4.78 is 0. The van der Waals surface area contributed by atoms with Gasteiger partial charge in [0.2, 0.25) is 5.75 Å². The monoisotopic (exact) mass is 447 g/mol. The standard InChI is InChI=1S/C11H14N2S.C6H2Cl3NO3/c1-3-10-8(2)5-4-6-9(10)7-14-11(12)13;7-2-1-3(8)6(11)5(4(2)9)10(12)13/h3-6H,1,7H2,2H3,(H3,12,13);1,11H. The fraction of sp³-hybridized carbons (Fsp3) is 0.118. The van der Waals surface area contributed by atoms with E-state index in [1.54, 1.807) is 0 Å². The molecule has 0 atom stereocenters. The molecule has 0 radical (unpaired) electrons. The average Bonchev–Trinajstić information content (AvgIpc) is 2.58. The molecule has 0 aliphatic rings. The third-order valence-electron chi connectivity index (χ3n) is 3.31. The summed E-state index contributed by atoms with van der Waals surface area (Å²) >= 11 is 17.7. The second-order valence-electron chi connectivity index (χ2n) is 5.11. The Bertz CT molecular complexity index is 865. The molecule has 0 unspecified atom stereocenters. The smallest absolute Gasteiger partial charge is 0.332 e. The molecule has 10 heteroatoms. The highest BCUT2D eigenvalue weighted by Crippen LogP contribution is 2.43. The molecule has 2 aromatic rings. The van der Waals surface area contributed by atoms with Crippen LogP contribution in [-0.2, 0) is 5.75 Å². The van der Waals surface area contributed by atoms with Crippen LogP contribution in [0.3, 0.4) is 0 Å². The molecule has 6 nitrogen and oxygen atoms in total. The van der Waals surface area contributed by atoms with Crippen molar-refractivity contribution >= 4 is 63.5 Å². The van der Waals surface area contributed by atoms with Gasteiger partial charge < -0.3 is 10.8 Å². The van der Waals surface area contributed by atoms with Gasteiger partial charge in [0.25, 0.3) is 0 Å². The fourth-order valence-corrected chi connectivity index (χ4v) is 3.28. The highest BCUT2D eigenvalue weighted by molar-refractivity contribution is 8.13. The zero-order valence-corrected chi connectivity index (χ0v) is 17.2. The molecule has 0 amide bonds. The number of nitro benzene ring substituents is 1. The lowest BCUT2D eigenvalue weighted by Gasteiger charge is -2.07. The number of rotatable bonds is 4. The maximum absolute atomic E-state index is 10.4. The van der Waals surface area contributed by atoms with Crippen LogP contribution in [0, 0.1) is 22.4 Å². The lowest BCUT2D eigenvalue weighted by Crippen LogP contribution is -2.04. The second-order valence-corrected chi connectivity index (χ2v) is 7.32. The minimum Gasteiger partial charge on any atom is -0.501 e. The van der Waals surface area contributed by atoms with E-state index in [9.17, 15) is 10.1 Å². The van der Waals surface area contributed by atoms with Gasteiger partial charge in [0.1, 0.15) is 5.02 Å². The van der Waals surface area contributed by atoms with Crippen LogP contribution in [0.15, 0.2) is 30.8 Å². The first kappa shape index (κ1) is 23.1. The number of aryl methyl sites for hydroxylation is 1. The molecule has 0 saturated heterocycles. The molecule has 0 saturated carbocycles. The van der Waals surface area contributed by atoms with Gasteiger partial charge in [0.15, 0.2) is 5.17 Å². The summed E-state index contributed by atoms with van der Waals surface area (Å²) in [5.41, 5.74) is 8.15. The van der Waals surface area contributed by atoms with Crippen LogP contribution in [-0.4, -0.2) is 15.2 Å². The predicted molar refractivity (Wildman–Crippen MR) is 114 cm³/mol. The molecule has 4 N–H and O–H groups in total. The molecular weight excluding hydrogens is 433 g/mol. The highest BCUT2D eigenvalue weighted by Gasteiger charge is 2.24. The van der Waals surface area contributed by atoms with Crippen molar-refractivity contribution in [2.24, 2.45) is 5.73 Å². The average molecular weight is 449 g/mol. The number of benzene rings is 2. The molecule has 0 aromatic heterocycles. The number of nitrogens with zero attached hydrogens (tertiary/aromatic N) is 1. The van der Waals surface area contributed by atoms with E-state index in [0.717, 1.165) is 17.4 Å². The molecule has 2 aromatic carbocycles. The highest BCUT2D eigenvalue weighted by atomic mass is 35.5. The largest absolute Gasteiger partial charge is 0.501 e. The summed E-state index contributed by atoms with van der Waals surface area (Å²) in [7, 11) is 0. The Morgan fingerprint density at radius 1 is 1.41 bits per heavy atom. The molecule has 0 spiro atoms. The number of thioether (sulfide) groups is 1. The van der Waals surface area contributed by atoms with Gasteiger partial charge in [0.05, 0.1) is 15.0 Å². The van der Waals surface area contributed by atoms with E-state index in [1.165, 1.54) is 22.9 Å². The van der Waals surface area contributed by atoms with E-state index in [2.05, 4.69) is 19.6 Å². The molecule has 0 bridgehead atoms. The van der Waals surface area contributed by atoms with Crippen LogP contribution in [0.1, 0.15) is 16.7 Å². The Labute approximate surface area is 175 Å². The Balaban J connectivity index is 0.000000271. The van der Waals surface area contributed by atoms with Gasteiger partial charge in [-0.1, -0.05) is 77.4 Å². The lowest BCUT2D eigenvalue weighted by atomic mass is 10.0. The number of phenols is 1. The number of phenolic OH excluding ortho intramolecular Hbond substituents is 1. The van der Waals surface area contributed by atoms with Crippen LogP contribution in [0.4, 0.5) is 5.69 Å². The lowest BCUT2D eigenvalue weighted by molar-refractivity contribution is -0.385. The third-order valence-corrected chi connectivity index (χ3v) is 5.14. The maximum Gasteiger partial charge on any atom is 0.332 e. The number of aromatic hydroxyl groups is 1. The minimum absolute atomic E-state index is 0.0730. The zero-order valence-electron chi connectivity index (χ0n) is 14.1. The van der Waals surface area contributed by atoms with Gasteiger partial charge in [0, 0.05) is 5.75 Å². The normalized spacial score (nSPS) is 9.93. The number of hydrogen-bond donors (Lipinski definition) is 3. The number of nitrogens with two attached hydrogens (primary N) is 1. The first-order valence-corrected chi connectivity index (χ1v) is 9.40. The first-order chi connectivity index (χ1) is 12.6. The number of halogens is 3. The molecule has 2 rings (SSSR count). The summed E-state index contributed by atoms with van der Waals surface area (Å²) in [4.78, 5) is 9.54. The molecule has 27 heavy (non-hydrogen) atoms. The van der Waals surface area contributed by atoms with Crippen LogP contribution < -0.4 is 5.73 Å². The minimum atomic E-state index is -0.852. The van der Waals surface area contributed by atoms with E-state index in [4.69, 9.17) is 51.1 Å². The van der Waals surface area contributed by atoms with Gasteiger partial charge in [-0.05, 0) is 29.7 Å². The SMILES string of the molecule is C=Cc1c(C)cccc1CSC(=N)N.O=[N+]([O-])c1c(O)c(Cl)cc(Cl)c1Cl. The van der Waals surface area contributed by atoms with Crippen molar-refractivity contribution in [1.82, 2.24) is 0 Å². The topological polar surface area (TPSA) is 113 Å². The number of hydrogen-bond acceptors (Lipinski definition) is 5. The third kappa shape index (κ3) is 6.32. The van der Waals surface area contributed by atoms with Gasteiger partial charge in [-0.2, -0.15) is 0 Å². The molecule has 0 heterocycles. The van der Waals surface area contributed by atoms with Crippen molar-refractivity contribution in [3.05, 3.63) is 72.7 Å². The van der Waals surface area contributed by atoms with Crippen molar-refractivity contribution in [2.75, 3.05) is 0 Å². The Kier molecular flexibility index (Phi) is 8.92. The Morgan fingerprint density at radius 3 is 2.56 bits per heavy atom. The molecule has 144 valence electrons. The first-order valence-electron chi connectivity index (χ1n) is 7.28. The van der Waals surface area contributed by atoms with E-state index >= 15 is 0 Å². The van der Waals surface area contributed by atoms with Crippen molar-refractivity contribution in [3.63, 3.8) is 0 Å². The fourth-order valence-electron chi connectivity index (χ4n) is 2.05. The molecule has 0 aliphatic heterocycles. The summed E-state index contributed by atoms with van der Waals surface area (Å²) in [5, 5.41) is 26.2. The van der Waals surface area contributed by atoms with Gasteiger partial charge in [-0.25, -0.2) is 0 Å². The number of nitrogens with one attached hydrogen (secondary N) is 1. The molecular formula is C17H16Cl3N3O3S. The van der Waals surface area contributed by atoms with Crippen LogP contribution in [0.5, 0.6) is 5.75 Å². The van der Waals surface area contributed by atoms with E-state index in [-0.39, 0.29) is 20.2 Å². The van der Waals surface area contributed by atoms with E-state index in [0.29, 0.717) is 0 Å².